The maximum atomic E-state index is 4.15. The van der Waals surface area contributed by atoms with Crippen molar-refractivity contribution in [1.29, 1.82) is 0 Å². The van der Waals surface area contributed by atoms with E-state index < -0.39 is 0 Å². The first-order chi connectivity index (χ1) is 11.8. The van der Waals surface area contributed by atoms with E-state index >= 15 is 0 Å². The molecular weight excluding hydrogens is 300 g/mol. The Balaban J connectivity index is 1.76. The summed E-state index contributed by atoms with van der Waals surface area (Å²) in [6, 6.07) is 12.5. The number of benzene rings is 1. The van der Waals surface area contributed by atoms with E-state index in [-0.39, 0.29) is 0 Å². The van der Waals surface area contributed by atoms with Crippen LogP contribution >= 0.6 is 0 Å². The topological polar surface area (TPSA) is 58.4 Å². The molecule has 0 saturated heterocycles. The molecule has 24 heavy (non-hydrogen) atoms. The van der Waals surface area contributed by atoms with E-state index in [9.17, 15) is 0 Å². The molecule has 0 atom stereocenters. The molecule has 0 aliphatic heterocycles. The fourth-order valence-electron chi connectivity index (χ4n) is 2.83. The first kappa shape index (κ1) is 16.5. The van der Waals surface area contributed by atoms with Crippen LogP contribution in [0.15, 0.2) is 42.6 Å². The summed E-state index contributed by atoms with van der Waals surface area (Å²) in [5.41, 5.74) is 4.21. The van der Waals surface area contributed by atoms with Crippen molar-refractivity contribution in [3.63, 3.8) is 0 Å². The zero-order valence-electron chi connectivity index (χ0n) is 14.3. The van der Waals surface area contributed by atoms with Crippen molar-refractivity contribution < 1.29 is 0 Å². The second kappa shape index (κ2) is 7.99. The molecule has 0 aliphatic carbocycles. The highest BCUT2D eigenvalue weighted by Crippen LogP contribution is 2.21. The molecule has 2 aromatic heterocycles. The van der Waals surface area contributed by atoms with Crippen molar-refractivity contribution in [3.8, 4) is 11.1 Å². The standard InChI is InChI=1S/C18H24N6/c1-3-23(4-2)11-10-19-13-16-12-17(15-8-6-5-7-9-15)14-24-18(16)20-21-22-24/h5-9,12,14,19H,3-4,10-11,13H2,1-2H3. The number of hydrogen-bond acceptors (Lipinski definition) is 5. The first-order valence-corrected chi connectivity index (χ1v) is 8.51. The van der Waals surface area contributed by atoms with Crippen LogP contribution in [-0.2, 0) is 6.54 Å². The van der Waals surface area contributed by atoms with Gasteiger partial charge in [0.05, 0.1) is 0 Å². The van der Waals surface area contributed by atoms with Gasteiger partial charge in [-0.15, -0.1) is 5.10 Å². The number of fused-ring (bicyclic) bond motifs is 1. The minimum atomic E-state index is 0.756. The van der Waals surface area contributed by atoms with Gasteiger partial charge in [0.15, 0.2) is 5.65 Å². The van der Waals surface area contributed by atoms with Crippen LogP contribution in [0.1, 0.15) is 19.4 Å². The smallest absolute Gasteiger partial charge is 0.183 e. The second-order valence-electron chi connectivity index (χ2n) is 5.77. The number of tetrazole rings is 1. The predicted octanol–water partition coefficient (Wildman–Crippen LogP) is 2.22. The number of nitrogens with zero attached hydrogens (tertiary/aromatic N) is 5. The van der Waals surface area contributed by atoms with Crippen LogP contribution in [-0.4, -0.2) is 51.1 Å². The van der Waals surface area contributed by atoms with Crippen LogP contribution in [0, 0.1) is 0 Å². The highest BCUT2D eigenvalue weighted by molar-refractivity contribution is 5.66. The van der Waals surface area contributed by atoms with E-state index in [1.165, 1.54) is 5.56 Å². The molecule has 0 radical (unpaired) electrons. The Morgan fingerprint density at radius 1 is 1.08 bits per heavy atom. The Morgan fingerprint density at radius 3 is 2.62 bits per heavy atom. The van der Waals surface area contributed by atoms with Gasteiger partial charge in [0.25, 0.3) is 0 Å². The lowest BCUT2D eigenvalue weighted by Gasteiger charge is -2.18. The molecular formula is C18H24N6. The number of pyridine rings is 1. The molecule has 0 bridgehead atoms. The van der Waals surface area contributed by atoms with Gasteiger partial charge in [-0.1, -0.05) is 44.2 Å². The fraction of sp³-hybridized carbons (Fsp3) is 0.389. The highest BCUT2D eigenvalue weighted by Gasteiger charge is 2.09. The third-order valence-corrected chi connectivity index (χ3v) is 4.29. The van der Waals surface area contributed by atoms with Crippen LogP contribution in [0.2, 0.25) is 0 Å². The largest absolute Gasteiger partial charge is 0.311 e. The molecule has 2 heterocycles. The molecule has 3 aromatic rings. The zero-order chi connectivity index (χ0) is 16.8. The monoisotopic (exact) mass is 324 g/mol. The summed E-state index contributed by atoms with van der Waals surface area (Å²) in [4.78, 5) is 2.40. The van der Waals surface area contributed by atoms with Crippen LogP contribution in [0.5, 0.6) is 0 Å². The average Bonchev–Trinajstić information content (AvgIpc) is 3.11. The van der Waals surface area contributed by atoms with E-state index in [0.717, 1.165) is 49.5 Å². The molecule has 1 N–H and O–H groups in total. The van der Waals surface area contributed by atoms with Crippen molar-refractivity contribution >= 4 is 5.65 Å². The van der Waals surface area contributed by atoms with Crippen LogP contribution in [0.4, 0.5) is 0 Å². The molecule has 3 rings (SSSR count). The van der Waals surface area contributed by atoms with Gasteiger partial charge in [-0.3, -0.25) is 0 Å². The summed E-state index contributed by atoms with van der Waals surface area (Å²) in [5, 5.41) is 15.5. The Morgan fingerprint density at radius 2 is 1.88 bits per heavy atom. The minimum absolute atomic E-state index is 0.756. The maximum Gasteiger partial charge on any atom is 0.183 e. The van der Waals surface area contributed by atoms with Gasteiger partial charge >= 0.3 is 0 Å². The molecule has 0 fully saturated rings. The number of rotatable bonds is 8. The number of hydrogen-bond donors (Lipinski definition) is 1. The molecule has 0 aliphatic rings. The molecule has 0 unspecified atom stereocenters. The molecule has 0 saturated carbocycles. The van der Waals surface area contributed by atoms with Crippen molar-refractivity contribution in [2.24, 2.45) is 0 Å². The van der Waals surface area contributed by atoms with Gasteiger partial charge in [-0.05, 0) is 35.1 Å². The van der Waals surface area contributed by atoms with E-state index in [1.54, 1.807) is 4.52 Å². The molecule has 0 amide bonds. The molecule has 0 spiro atoms. The normalized spacial score (nSPS) is 11.5. The lowest BCUT2D eigenvalue weighted by Crippen LogP contribution is -2.31. The van der Waals surface area contributed by atoms with Gasteiger partial charge in [0.1, 0.15) is 0 Å². The van der Waals surface area contributed by atoms with Gasteiger partial charge < -0.3 is 10.2 Å². The number of likely N-dealkylation sites (N-methyl/N-ethyl adjacent to an activating group) is 1. The van der Waals surface area contributed by atoms with Crippen LogP contribution in [0.25, 0.3) is 16.8 Å². The summed E-state index contributed by atoms with van der Waals surface area (Å²) < 4.78 is 1.75. The second-order valence-corrected chi connectivity index (χ2v) is 5.77. The lowest BCUT2D eigenvalue weighted by molar-refractivity contribution is 0.302. The molecule has 1 aromatic carbocycles. The predicted molar refractivity (Wildman–Crippen MR) is 95.7 cm³/mol. The van der Waals surface area contributed by atoms with Crippen molar-refractivity contribution in [2.75, 3.05) is 26.2 Å². The van der Waals surface area contributed by atoms with E-state index in [0.29, 0.717) is 0 Å². The van der Waals surface area contributed by atoms with Gasteiger partial charge in [0, 0.05) is 37.0 Å². The Kier molecular flexibility index (Phi) is 5.51. The molecule has 6 nitrogen and oxygen atoms in total. The molecule has 126 valence electrons. The summed E-state index contributed by atoms with van der Waals surface area (Å²) in [6.07, 6.45) is 1.98. The SMILES string of the molecule is CCN(CC)CCNCc1cc(-c2ccccc2)cn2nnnc12. The summed E-state index contributed by atoms with van der Waals surface area (Å²) in [6.45, 7) is 9.31. The zero-order valence-corrected chi connectivity index (χ0v) is 14.3. The third-order valence-electron chi connectivity index (χ3n) is 4.29. The van der Waals surface area contributed by atoms with E-state index in [2.05, 4.69) is 57.8 Å². The Labute approximate surface area is 142 Å². The quantitative estimate of drug-likeness (QED) is 0.644. The maximum absolute atomic E-state index is 4.15. The van der Waals surface area contributed by atoms with Crippen molar-refractivity contribution in [1.82, 2.24) is 30.3 Å². The number of aromatic nitrogens is 4. The average molecular weight is 324 g/mol. The van der Waals surface area contributed by atoms with Crippen LogP contribution in [0.3, 0.4) is 0 Å². The van der Waals surface area contributed by atoms with Crippen molar-refractivity contribution in [3.05, 3.63) is 48.2 Å². The fourth-order valence-corrected chi connectivity index (χ4v) is 2.83. The van der Waals surface area contributed by atoms with Crippen molar-refractivity contribution in [2.45, 2.75) is 20.4 Å². The minimum Gasteiger partial charge on any atom is -0.311 e. The number of nitrogens with one attached hydrogen (secondary N) is 1. The van der Waals surface area contributed by atoms with Gasteiger partial charge in [-0.2, -0.15) is 4.52 Å². The van der Waals surface area contributed by atoms with Gasteiger partial charge in [0.2, 0.25) is 0 Å². The highest BCUT2D eigenvalue weighted by atomic mass is 15.5. The van der Waals surface area contributed by atoms with Crippen LogP contribution < -0.4 is 5.32 Å². The van der Waals surface area contributed by atoms with Gasteiger partial charge in [-0.25, -0.2) is 0 Å². The first-order valence-electron chi connectivity index (χ1n) is 8.51. The summed E-state index contributed by atoms with van der Waals surface area (Å²) in [5.74, 6) is 0. The third kappa shape index (κ3) is 3.77. The lowest BCUT2D eigenvalue weighted by atomic mass is 10.1. The van der Waals surface area contributed by atoms with E-state index in [4.69, 9.17) is 0 Å². The summed E-state index contributed by atoms with van der Waals surface area (Å²) >= 11 is 0. The van der Waals surface area contributed by atoms with E-state index in [1.807, 2.05) is 24.4 Å². The Bertz CT molecular complexity index is 764. The summed E-state index contributed by atoms with van der Waals surface area (Å²) in [7, 11) is 0. The Hall–Kier alpha value is -2.31. The molecule has 6 heteroatoms.